The quantitative estimate of drug-likeness (QED) is 0.389. The van der Waals surface area contributed by atoms with Crippen LogP contribution in [0, 0.1) is 11.7 Å². The van der Waals surface area contributed by atoms with Crippen LogP contribution in [0.4, 0.5) is 21.7 Å². The summed E-state index contributed by atoms with van der Waals surface area (Å²) in [6.07, 6.45) is 3.79. The van der Waals surface area contributed by atoms with Crippen LogP contribution in [0.2, 0.25) is 0 Å². The fourth-order valence-electron chi connectivity index (χ4n) is 4.04. The van der Waals surface area contributed by atoms with Crippen LogP contribution in [0.1, 0.15) is 49.9 Å². The number of ether oxygens (including phenoxy) is 1. The van der Waals surface area contributed by atoms with Gasteiger partial charge in [-0.05, 0) is 49.1 Å². The predicted molar refractivity (Wildman–Crippen MR) is 132 cm³/mol. The second-order valence-electron chi connectivity index (χ2n) is 9.17. The Labute approximate surface area is 198 Å². The van der Waals surface area contributed by atoms with Gasteiger partial charge in [0.2, 0.25) is 5.88 Å². The lowest BCUT2D eigenvalue weighted by molar-refractivity contribution is 0.100. The van der Waals surface area contributed by atoms with Gasteiger partial charge in [-0.15, -0.1) is 0 Å². The first kappa shape index (κ1) is 23.7. The van der Waals surface area contributed by atoms with E-state index in [1.807, 2.05) is 30.3 Å². The molecule has 2 aromatic heterocycles. The number of fused-ring (bicyclic) bond motifs is 1. The first-order valence-electron chi connectivity index (χ1n) is 11.6. The minimum Gasteiger partial charge on any atom is -0.477 e. The fraction of sp³-hybridized carbons (Fsp3) is 0.400. The molecule has 3 aromatic rings. The number of anilines is 3. The molecule has 1 amide bonds. The van der Waals surface area contributed by atoms with Crippen molar-refractivity contribution in [2.45, 2.75) is 51.6 Å². The van der Waals surface area contributed by atoms with Gasteiger partial charge in [0.05, 0.1) is 17.7 Å². The van der Waals surface area contributed by atoms with Gasteiger partial charge in [0.25, 0.3) is 5.91 Å². The zero-order valence-corrected chi connectivity index (χ0v) is 19.5. The van der Waals surface area contributed by atoms with Crippen molar-refractivity contribution in [3.8, 4) is 5.88 Å². The molecule has 0 spiro atoms. The monoisotopic (exact) mass is 466 g/mol. The van der Waals surface area contributed by atoms with Crippen molar-refractivity contribution in [3.05, 3.63) is 47.8 Å². The van der Waals surface area contributed by atoms with Crippen molar-refractivity contribution < 1.29 is 13.9 Å². The van der Waals surface area contributed by atoms with Crippen LogP contribution < -0.4 is 26.8 Å². The highest BCUT2D eigenvalue weighted by molar-refractivity contribution is 5.99. The molecule has 8 nitrogen and oxygen atoms in total. The molecule has 0 saturated heterocycles. The van der Waals surface area contributed by atoms with Crippen molar-refractivity contribution in [2.75, 3.05) is 17.2 Å². The lowest BCUT2D eigenvalue weighted by Gasteiger charge is -2.30. The number of rotatable bonds is 8. The molecule has 180 valence electrons. The summed E-state index contributed by atoms with van der Waals surface area (Å²) in [6, 6.07) is 10.2. The highest BCUT2D eigenvalue weighted by Gasteiger charge is 2.24. The van der Waals surface area contributed by atoms with Crippen LogP contribution in [0.5, 0.6) is 5.88 Å². The van der Waals surface area contributed by atoms with Gasteiger partial charge >= 0.3 is 0 Å². The van der Waals surface area contributed by atoms with Crippen LogP contribution in [0.15, 0.2) is 36.4 Å². The molecular weight excluding hydrogens is 435 g/mol. The molecule has 1 aliphatic carbocycles. The van der Waals surface area contributed by atoms with E-state index in [0.717, 1.165) is 42.7 Å². The first-order chi connectivity index (χ1) is 16.3. The van der Waals surface area contributed by atoms with Crippen molar-refractivity contribution in [3.63, 3.8) is 0 Å². The van der Waals surface area contributed by atoms with Gasteiger partial charge in [-0.2, -0.15) is 0 Å². The molecule has 34 heavy (non-hydrogen) atoms. The highest BCUT2D eigenvalue weighted by Crippen LogP contribution is 2.28. The smallest absolute Gasteiger partial charge is 0.252 e. The van der Waals surface area contributed by atoms with Crippen molar-refractivity contribution in [1.29, 1.82) is 0 Å². The van der Waals surface area contributed by atoms with Gasteiger partial charge < -0.3 is 26.8 Å². The number of aromatic nitrogens is 2. The number of benzene rings is 1. The van der Waals surface area contributed by atoms with Gasteiger partial charge in [-0.25, -0.2) is 14.4 Å². The number of nitrogens with one attached hydrogen (secondary N) is 2. The second kappa shape index (κ2) is 10.2. The van der Waals surface area contributed by atoms with Gasteiger partial charge in [-0.3, -0.25) is 4.79 Å². The third-order valence-electron chi connectivity index (χ3n) is 5.87. The summed E-state index contributed by atoms with van der Waals surface area (Å²) in [6.45, 7) is 4.74. The Kier molecular flexibility index (Phi) is 7.12. The van der Waals surface area contributed by atoms with Crippen LogP contribution in [0.3, 0.4) is 0 Å². The van der Waals surface area contributed by atoms with E-state index in [0.29, 0.717) is 24.1 Å². The molecule has 1 saturated carbocycles. The normalized spacial score (nSPS) is 18.1. The molecule has 1 fully saturated rings. The van der Waals surface area contributed by atoms with Crippen molar-refractivity contribution >= 4 is 34.1 Å². The predicted octanol–water partition coefficient (Wildman–Crippen LogP) is 4.33. The summed E-state index contributed by atoms with van der Waals surface area (Å²) in [5, 5.41) is 7.10. The number of hydrogen-bond donors (Lipinski definition) is 4. The number of primary amides is 1. The highest BCUT2D eigenvalue weighted by atomic mass is 19.1. The van der Waals surface area contributed by atoms with Crippen molar-refractivity contribution in [2.24, 2.45) is 17.4 Å². The van der Waals surface area contributed by atoms with E-state index >= 15 is 0 Å². The summed E-state index contributed by atoms with van der Waals surface area (Å²) in [7, 11) is 0. The first-order valence-corrected chi connectivity index (χ1v) is 11.6. The number of halogens is 1. The number of nitrogens with zero attached hydrogens (tertiary/aromatic N) is 2. The van der Waals surface area contributed by atoms with E-state index in [4.69, 9.17) is 16.2 Å². The number of nitrogens with two attached hydrogens (primary N) is 2. The van der Waals surface area contributed by atoms with E-state index in [1.165, 1.54) is 0 Å². The Morgan fingerprint density at radius 2 is 1.94 bits per heavy atom. The van der Waals surface area contributed by atoms with E-state index in [9.17, 15) is 9.18 Å². The van der Waals surface area contributed by atoms with Gasteiger partial charge in [0.15, 0.2) is 11.6 Å². The summed E-state index contributed by atoms with van der Waals surface area (Å²) < 4.78 is 20.4. The molecule has 1 aliphatic rings. The second-order valence-corrected chi connectivity index (χ2v) is 9.17. The minimum atomic E-state index is -0.774. The number of hydrogen-bond acceptors (Lipinski definition) is 7. The van der Waals surface area contributed by atoms with Gasteiger partial charge in [-0.1, -0.05) is 26.7 Å². The number of pyridine rings is 2. The molecule has 2 heterocycles. The largest absolute Gasteiger partial charge is 0.477 e. The zero-order valence-electron chi connectivity index (χ0n) is 19.5. The number of carbonyl (C=O) groups excluding carboxylic acids is 1. The van der Waals surface area contributed by atoms with Crippen LogP contribution >= 0.6 is 0 Å². The number of carbonyl (C=O) groups is 1. The summed E-state index contributed by atoms with van der Waals surface area (Å²) in [4.78, 5) is 20.9. The van der Waals surface area contributed by atoms with Crippen molar-refractivity contribution in [1.82, 2.24) is 9.97 Å². The molecule has 2 atom stereocenters. The topological polar surface area (TPSA) is 128 Å². The maximum atomic E-state index is 14.7. The van der Waals surface area contributed by atoms with E-state index < -0.39 is 11.7 Å². The van der Waals surface area contributed by atoms with Crippen LogP contribution in [-0.4, -0.2) is 34.6 Å². The molecule has 1 aromatic carbocycles. The third-order valence-corrected chi connectivity index (χ3v) is 5.87. The van der Waals surface area contributed by atoms with Gasteiger partial charge in [0, 0.05) is 29.2 Å². The maximum Gasteiger partial charge on any atom is 0.252 e. The summed E-state index contributed by atoms with van der Waals surface area (Å²) >= 11 is 0. The lowest BCUT2D eigenvalue weighted by Crippen LogP contribution is -2.43. The van der Waals surface area contributed by atoms with Gasteiger partial charge in [0.1, 0.15) is 5.82 Å². The van der Waals surface area contributed by atoms with E-state index in [2.05, 4.69) is 34.4 Å². The summed E-state index contributed by atoms with van der Waals surface area (Å²) in [5.41, 5.74) is 13.1. The average molecular weight is 467 g/mol. The Balaban J connectivity index is 1.59. The molecular formula is C25H31FN6O2. The fourth-order valence-corrected chi connectivity index (χ4v) is 4.04. The molecule has 0 bridgehead atoms. The van der Waals surface area contributed by atoms with E-state index in [-0.39, 0.29) is 29.3 Å². The SMILES string of the molecule is CC(C)COc1ccc2cc(Nc3nc(NC4CCCCC4N)c(F)cc3C(N)=O)ccc2n1. The lowest BCUT2D eigenvalue weighted by atomic mass is 9.91. The standard InChI is InChI=1S/C25H31FN6O2/c1-14(2)13-34-22-10-7-15-11-16(8-9-20(15)30-22)29-24-17(23(28)33)12-18(26)25(32-24)31-21-6-4-3-5-19(21)27/h7-12,14,19,21H,3-6,13,27H2,1-2H3,(H2,28,33)(H2,29,31,32). The Morgan fingerprint density at radius 1 is 1.15 bits per heavy atom. The maximum absolute atomic E-state index is 14.7. The Hall–Kier alpha value is -3.46. The molecule has 9 heteroatoms. The Morgan fingerprint density at radius 3 is 2.68 bits per heavy atom. The third kappa shape index (κ3) is 5.53. The molecule has 4 rings (SSSR count). The molecule has 0 radical (unpaired) electrons. The number of amides is 1. The average Bonchev–Trinajstić information content (AvgIpc) is 2.80. The summed E-state index contributed by atoms with van der Waals surface area (Å²) in [5.74, 6) is -0.234. The minimum absolute atomic E-state index is 0.0355. The van der Waals surface area contributed by atoms with Crippen LogP contribution in [0.25, 0.3) is 10.9 Å². The van der Waals surface area contributed by atoms with E-state index in [1.54, 1.807) is 0 Å². The molecule has 6 N–H and O–H groups in total. The Bertz CT molecular complexity index is 1190. The molecule has 2 unspecified atom stereocenters. The zero-order chi connectivity index (χ0) is 24.2. The van der Waals surface area contributed by atoms with Crippen LogP contribution in [-0.2, 0) is 0 Å². The molecule has 0 aliphatic heterocycles.